The van der Waals surface area contributed by atoms with Gasteiger partial charge in [-0.3, -0.25) is 0 Å². The first-order valence-corrected chi connectivity index (χ1v) is 18.8. The van der Waals surface area contributed by atoms with Gasteiger partial charge < -0.3 is 8.98 Å². The Hall–Kier alpha value is -7.63. The average Bonchev–Trinajstić information content (AvgIpc) is 3.80. The summed E-state index contributed by atoms with van der Waals surface area (Å²) in [7, 11) is 0. The molecule has 5 nitrogen and oxygen atoms in total. The van der Waals surface area contributed by atoms with Crippen LogP contribution in [0.4, 0.5) is 0 Å². The first-order chi connectivity index (χ1) is 27.7. The van der Waals surface area contributed by atoms with Gasteiger partial charge in [0.25, 0.3) is 0 Å². The Morgan fingerprint density at radius 1 is 0.304 bits per heavy atom. The summed E-state index contributed by atoms with van der Waals surface area (Å²) in [5.74, 6) is 1.84. The predicted molar refractivity (Wildman–Crippen MR) is 229 cm³/mol. The molecule has 0 fully saturated rings. The summed E-state index contributed by atoms with van der Waals surface area (Å²) in [4.78, 5) is 15.2. The molecule has 0 aliphatic heterocycles. The van der Waals surface area contributed by atoms with E-state index >= 15 is 0 Å². The molecule has 0 N–H and O–H groups in total. The number of hydrogen-bond donors (Lipinski definition) is 0. The largest absolute Gasteiger partial charge is 0.456 e. The highest BCUT2D eigenvalue weighted by atomic mass is 16.3. The van der Waals surface area contributed by atoms with E-state index in [4.69, 9.17) is 19.4 Å². The van der Waals surface area contributed by atoms with Crippen LogP contribution in [0.15, 0.2) is 199 Å². The zero-order valence-corrected chi connectivity index (χ0v) is 30.2. The Kier molecular flexibility index (Phi) is 7.42. The minimum absolute atomic E-state index is 0.601. The van der Waals surface area contributed by atoms with Crippen LogP contribution in [0.5, 0.6) is 0 Å². The standard InChI is InChI=1S/C51H32N4O/c1-4-13-33(14-5-1)35-23-26-40(27-24-35)55-45-22-11-10-21-41(45)42-32-48-44(31-46(42)55)43-30-39(25-28-47(43)56-48)51-53-49(36-17-8-3-9-18-36)52-50(54-51)38-20-12-19-37(29-38)34-15-6-2-7-16-34/h1-32H. The SMILES string of the molecule is c1ccc(-c2ccc(-n3c4ccccc4c4cc5oc6ccc(-c7nc(-c8ccccc8)nc(-c8cccc(-c9ccccc9)c8)n7)cc6c5cc43)cc2)cc1. The molecule has 8 aromatic carbocycles. The summed E-state index contributed by atoms with van der Waals surface area (Å²) in [5.41, 5.74) is 12.4. The minimum Gasteiger partial charge on any atom is -0.456 e. The summed E-state index contributed by atoms with van der Waals surface area (Å²) in [6.07, 6.45) is 0. The lowest BCUT2D eigenvalue weighted by atomic mass is 10.0. The van der Waals surface area contributed by atoms with Gasteiger partial charge in [-0.05, 0) is 76.9 Å². The lowest BCUT2D eigenvalue weighted by Gasteiger charge is -2.10. The van der Waals surface area contributed by atoms with Crippen LogP contribution in [-0.2, 0) is 0 Å². The maximum Gasteiger partial charge on any atom is 0.164 e. The molecule has 56 heavy (non-hydrogen) atoms. The number of fused-ring (bicyclic) bond motifs is 6. The number of nitrogens with zero attached hydrogens (tertiary/aromatic N) is 4. The third kappa shape index (κ3) is 5.45. The highest BCUT2D eigenvalue weighted by molar-refractivity contribution is 6.17. The normalized spacial score (nSPS) is 11.6. The molecule has 11 aromatic rings. The Balaban J connectivity index is 1.07. The Bertz CT molecular complexity index is 3220. The Morgan fingerprint density at radius 2 is 0.821 bits per heavy atom. The molecule has 0 aliphatic rings. The van der Waals surface area contributed by atoms with Crippen molar-refractivity contribution < 1.29 is 4.42 Å². The second-order valence-corrected chi connectivity index (χ2v) is 14.1. The van der Waals surface area contributed by atoms with Gasteiger partial charge in [-0.25, -0.2) is 15.0 Å². The fraction of sp³-hybridized carbons (Fsp3) is 0. The average molecular weight is 717 g/mol. The van der Waals surface area contributed by atoms with Crippen molar-refractivity contribution in [2.75, 3.05) is 0 Å². The molecular weight excluding hydrogens is 685 g/mol. The minimum atomic E-state index is 0.601. The molecule has 3 aromatic heterocycles. The lowest BCUT2D eigenvalue weighted by molar-refractivity contribution is 0.669. The van der Waals surface area contributed by atoms with Crippen LogP contribution in [0.2, 0.25) is 0 Å². The number of hydrogen-bond acceptors (Lipinski definition) is 4. The van der Waals surface area contributed by atoms with Crippen LogP contribution in [0.1, 0.15) is 0 Å². The van der Waals surface area contributed by atoms with Crippen LogP contribution in [0.25, 0.3) is 106 Å². The van der Waals surface area contributed by atoms with Crippen molar-refractivity contribution in [2.45, 2.75) is 0 Å². The van der Waals surface area contributed by atoms with Crippen molar-refractivity contribution >= 4 is 43.7 Å². The molecular formula is C51H32N4O. The molecule has 11 rings (SSSR count). The van der Waals surface area contributed by atoms with Crippen molar-refractivity contribution in [2.24, 2.45) is 0 Å². The van der Waals surface area contributed by atoms with Crippen LogP contribution < -0.4 is 0 Å². The monoisotopic (exact) mass is 716 g/mol. The molecule has 0 saturated carbocycles. The Labute approximate surface area is 322 Å². The quantitative estimate of drug-likeness (QED) is 0.172. The van der Waals surface area contributed by atoms with Gasteiger partial charge in [0.05, 0.1) is 11.0 Å². The molecule has 0 spiro atoms. The molecule has 3 heterocycles. The van der Waals surface area contributed by atoms with Gasteiger partial charge in [-0.15, -0.1) is 0 Å². The van der Waals surface area contributed by atoms with Crippen molar-refractivity contribution in [3.8, 4) is 62.1 Å². The van der Waals surface area contributed by atoms with Gasteiger partial charge in [-0.2, -0.15) is 0 Å². The topological polar surface area (TPSA) is 56.7 Å². The van der Waals surface area contributed by atoms with Crippen LogP contribution >= 0.6 is 0 Å². The van der Waals surface area contributed by atoms with E-state index in [0.717, 1.165) is 71.9 Å². The van der Waals surface area contributed by atoms with Gasteiger partial charge in [0, 0.05) is 43.9 Å². The van der Waals surface area contributed by atoms with Crippen molar-refractivity contribution in [1.82, 2.24) is 19.5 Å². The zero-order valence-electron chi connectivity index (χ0n) is 30.2. The summed E-state index contributed by atoms with van der Waals surface area (Å²) in [6, 6.07) is 67.5. The van der Waals surface area contributed by atoms with Crippen molar-refractivity contribution in [1.29, 1.82) is 0 Å². The van der Waals surface area contributed by atoms with Gasteiger partial charge in [0.15, 0.2) is 17.5 Å². The van der Waals surface area contributed by atoms with E-state index in [2.05, 4.69) is 150 Å². The third-order valence-electron chi connectivity index (χ3n) is 10.6. The summed E-state index contributed by atoms with van der Waals surface area (Å²) in [6.45, 7) is 0. The second kappa shape index (κ2) is 13.0. The maximum atomic E-state index is 6.56. The van der Waals surface area contributed by atoms with E-state index in [1.165, 1.54) is 16.5 Å². The lowest BCUT2D eigenvalue weighted by Crippen LogP contribution is -2.00. The predicted octanol–water partition coefficient (Wildman–Crippen LogP) is 13.2. The molecule has 0 saturated heterocycles. The maximum absolute atomic E-state index is 6.56. The first kappa shape index (κ1) is 31.9. The molecule has 0 unspecified atom stereocenters. The summed E-state index contributed by atoms with van der Waals surface area (Å²) in [5, 5.41) is 4.37. The highest BCUT2D eigenvalue weighted by Crippen LogP contribution is 2.40. The molecule has 0 atom stereocenters. The summed E-state index contributed by atoms with van der Waals surface area (Å²) < 4.78 is 8.92. The van der Waals surface area contributed by atoms with E-state index in [-0.39, 0.29) is 0 Å². The molecule has 0 bridgehead atoms. The molecule has 5 heteroatoms. The Morgan fingerprint density at radius 3 is 1.54 bits per heavy atom. The van der Waals surface area contributed by atoms with Crippen LogP contribution in [-0.4, -0.2) is 19.5 Å². The first-order valence-electron chi connectivity index (χ1n) is 18.8. The molecule has 0 amide bonds. The van der Waals surface area contributed by atoms with E-state index in [9.17, 15) is 0 Å². The number of furan rings is 1. The summed E-state index contributed by atoms with van der Waals surface area (Å²) >= 11 is 0. The molecule has 262 valence electrons. The highest BCUT2D eigenvalue weighted by Gasteiger charge is 2.19. The number of benzene rings is 8. The second-order valence-electron chi connectivity index (χ2n) is 14.1. The van der Waals surface area contributed by atoms with Gasteiger partial charge >= 0.3 is 0 Å². The van der Waals surface area contributed by atoms with Crippen LogP contribution in [0.3, 0.4) is 0 Å². The smallest absolute Gasteiger partial charge is 0.164 e. The van der Waals surface area contributed by atoms with E-state index in [1.54, 1.807) is 0 Å². The zero-order chi connectivity index (χ0) is 37.0. The number of rotatable bonds is 6. The van der Waals surface area contributed by atoms with E-state index in [0.29, 0.717) is 17.5 Å². The fourth-order valence-electron chi connectivity index (χ4n) is 7.91. The van der Waals surface area contributed by atoms with Crippen LogP contribution in [0, 0.1) is 0 Å². The van der Waals surface area contributed by atoms with Crippen molar-refractivity contribution in [3.63, 3.8) is 0 Å². The van der Waals surface area contributed by atoms with Gasteiger partial charge in [-0.1, -0.05) is 140 Å². The number of para-hydroxylation sites is 1. The molecule has 0 radical (unpaired) electrons. The molecule has 0 aliphatic carbocycles. The van der Waals surface area contributed by atoms with Crippen molar-refractivity contribution in [3.05, 3.63) is 194 Å². The fourth-order valence-corrected chi connectivity index (χ4v) is 7.91. The van der Waals surface area contributed by atoms with Gasteiger partial charge in [0.2, 0.25) is 0 Å². The van der Waals surface area contributed by atoms with E-state index in [1.807, 2.05) is 48.5 Å². The third-order valence-corrected chi connectivity index (χ3v) is 10.6. The number of aromatic nitrogens is 4. The van der Waals surface area contributed by atoms with Gasteiger partial charge in [0.1, 0.15) is 11.2 Å². The van der Waals surface area contributed by atoms with E-state index < -0.39 is 0 Å².